The second-order valence-corrected chi connectivity index (χ2v) is 8.65. The van der Waals surface area contributed by atoms with Gasteiger partial charge in [-0.15, -0.1) is 0 Å². The molecule has 0 spiro atoms. The molecule has 0 aliphatic heterocycles. The largest absolute Gasteiger partial charge is 0.367 e. The number of aryl methyl sites for hydroxylation is 1. The van der Waals surface area contributed by atoms with Gasteiger partial charge in [0.05, 0.1) is 16.8 Å². The topological polar surface area (TPSA) is 58.4 Å². The number of aromatic nitrogens is 4. The standard InChI is InChI=1S/C25H27FN6/c1-16-15-20(29-25(27-16)31(2)3)23-21-9-6-10-22(28-19-7-4-5-8-19)32(21)30-24(23)17-11-13-18(26)14-12-17/h6,9-15,19,28H,4-5,7-8H2,1-3H3. The second kappa shape index (κ2) is 8.22. The molecule has 0 saturated heterocycles. The number of anilines is 2. The first-order valence-electron chi connectivity index (χ1n) is 11.1. The van der Waals surface area contributed by atoms with E-state index >= 15 is 0 Å². The third-order valence-corrected chi connectivity index (χ3v) is 5.98. The van der Waals surface area contributed by atoms with Crippen molar-refractivity contribution in [3.05, 3.63) is 60.0 Å². The lowest BCUT2D eigenvalue weighted by molar-refractivity contribution is 0.628. The number of rotatable bonds is 5. The van der Waals surface area contributed by atoms with Crippen molar-refractivity contribution in [1.82, 2.24) is 19.6 Å². The highest BCUT2D eigenvalue weighted by Gasteiger charge is 2.22. The normalized spacial score (nSPS) is 14.2. The maximum atomic E-state index is 13.7. The summed E-state index contributed by atoms with van der Waals surface area (Å²) >= 11 is 0. The predicted octanol–water partition coefficient (Wildman–Crippen LogP) is 5.33. The van der Waals surface area contributed by atoms with Gasteiger partial charge < -0.3 is 10.2 Å². The molecule has 3 heterocycles. The molecule has 5 rings (SSSR count). The van der Waals surface area contributed by atoms with Gasteiger partial charge in [0.15, 0.2) is 0 Å². The van der Waals surface area contributed by atoms with Crippen molar-refractivity contribution in [2.75, 3.05) is 24.3 Å². The summed E-state index contributed by atoms with van der Waals surface area (Å²) in [5.41, 5.74) is 5.17. The van der Waals surface area contributed by atoms with E-state index < -0.39 is 0 Å². The molecule has 164 valence electrons. The zero-order valence-corrected chi connectivity index (χ0v) is 18.6. The van der Waals surface area contributed by atoms with E-state index in [1.807, 2.05) is 42.6 Å². The molecule has 1 aliphatic rings. The van der Waals surface area contributed by atoms with Crippen LogP contribution in [0, 0.1) is 12.7 Å². The van der Waals surface area contributed by atoms with Crippen LogP contribution in [-0.2, 0) is 0 Å². The zero-order valence-electron chi connectivity index (χ0n) is 18.6. The van der Waals surface area contributed by atoms with Crippen LogP contribution in [0.4, 0.5) is 16.2 Å². The molecule has 32 heavy (non-hydrogen) atoms. The number of nitrogens with zero attached hydrogens (tertiary/aromatic N) is 5. The first kappa shape index (κ1) is 20.4. The number of halogens is 1. The maximum absolute atomic E-state index is 13.7. The molecule has 4 aromatic rings. The van der Waals surface area contributed by atoms with Gasteiger partial charge in [-0.3, -0.25) is 0 Å². The van der Waals surface area contributed by atoms with Crippen LogP contribution in [0.25, 0.3) is 28.0 Å². The molecule has 1 aromatic carbocycles. The van der Waals surface area contributed by atoms with Gasteiger partial charge in [-0.1, -0.05) is 18.9 Å². The van der Waals surface area contributed by atoms with E-state index in [0.29, 0.717) is 12.0 Å². The van der Waals surface area contributed by atoms with E-state index in [1.54, 1.807) is 12.1 Å². The summed E-state index contributed by atoms with van der Waals surface area (Å²) in [6.45, 7) is 1.97. The summed E-state index contributed by atoms with van der Waals surface area (Å²) in [6.07, 6.45) is 4.86. The summed E-state index contributed by atoms with van der Waals surface area (Å²) in [4.78, 5) is 11.3. The molecule has 1 fully saturated rings. The lowest BCUT2D eigenvalue weighted by atomic mass is 10.0. The number of hydrogen-bond acceptors (Lipinski definition) is 5. The fourth-order valence-corrected chi connectivity index (χ4v) is 4.40. The van der Waals surface area contributed by atoms with E-state index in [2.05, 4.69) is 22.4 Å². The van der Waals surface area contributed by atoms with Crippen LogP contribution in [0.2, 0.25) is 0 Å². The molecule has 0 bridgehead atoms. The highest BCUT2D eigenvalue weighted by Crippen LogP contribution is 2.36. The Morgan fingerprint density at radius 3 is 2.50 bits per heavy atom. The number of nitrogens with one attached hydrogen (secondary N) is 1. The molecule has 0 radical (unpaired) electrons. The zero-order chi connectivity index (χ0) is 22.2. The molecule has 3 aromatic heterocycles. The van der Waals surface area contributed by atoms with Crippen molar-refractivity contribution in [1.29, 1.82) is 0 Å². The Balaban J connectivity index is 1.74. The molecular formula is C25H27FN6. The minimum Gasteiger partial charge on any atom is -0.367 e. The average Bonchev–Trinajstić information content (AvgIpc) is 3.42. The van der Waals surface area contributed by atoms with Gasteiger partial charge in [0.2, 0.25) is 5.95 Å². The van der Waals surface area contributed by atoms with E-state index in [1.165, 1.54) is 37.8 Å². The summed E-state index contributed by atoms with van der Waals surface area (Å²) in [5.74, 6) is 1.34. The molecule has 0 amide bonds. The SMILES string of the molecule is Cc1cc(-c2c(-c3ccc(F)cc3)nn3c(NC4CCCC4)cccc23)nc(N(C)C)n1. The first-order valence-corrected chi connectivity index (χ1v) is 11.1. The van der Waals surface area contributed by atoms with E-state index in [0.717, 1.165) is 39.5 Å². The predicted molar refractivity (Wildman–Crippen MR) is 127 cm³/mol. The summed E-state index contributed by atoms with van der Waals surface area (Å²) < 4.78 is 15.6. The summed E-state index contributed by atoms with van der Waals surface area (Å²) in [6, 6.07) is 15.1. The van der Waals surface area contributed by atoms with E-state index in [-0.39, 0.29) is 5.82 Å². The minimum absolute atomic E-state index is 0.268. The van der Waals surface area contributed by atoms with Crippen molar-refractivity contribution in [2.45, 2.75) is 38.6 Å². The Kier molecular flexibility index (Phi) is 5.25. The molecule has 0 atom stereocenters. The van der Waals surface area contributed by atoms with Crippen molar-refractivity contribution >= 4 is 17.3 Å². The third-order valence-electron chi connectivity index (χ3n) is 5.98. The minimum atomic E-state index is -0.268. The van der Waals surface area contributed by atoms with Crippen LogP contribution in [0.3, 0.4) is 0 Å². The lowest BCUT2D eigenvalue weighted by Crippen LogP contribution is -2.17. The Hall–Kier alpha value is -3.48. The van der Waals surface area contributed by atoms with Crippen LogP contribution >= 0.6 is 0 Å². The highest BCUT2D eigenvalue weighted by molar-refractivity contribution is 5.91. The Morgan fingerprint density at radius 2 is 1.78 bits per heavy atom. The third kappa shape index (κ3) is 3.79. The number of benzene rings is 1. The highest BCUT2D eigenvalue weighted by atomic mass is 19.1. The Labute approximate surface area is 187 Å². The fourth-order valence-electron chi connectivity index (χ4n) is 4.40. The van der Waals surface area contributed by atoms with Crippen LogP contribution in [0.15, 0.2) is 48.5 Å². The molecule has 7 heteroatoms. The van der Waals surface area contributed by atoms with Crippen molar-refractivity contribution in [3.63, 3.8) is 0 Å². The molecule has 6 nitrogen and oxygen atoms in total. The van der Waals surface area contributed by atoms with Crippen LogP contribution < -0.4 is 10.2 Å². The molecule has 1 aliphatic carbocycles. The smallest absolute Gasteiger partial charge is 0.225 e. The molecule has 1 N–H and O–H groups in total. The Bertz CT molecular complexity index is 1260. The monoisotopic (exact) mass is 430 g/mol. The fraction of sp³-hybridized carbons (Fsp3) is 0.320. The number of fused-ring (bicyclic) bond motifs is 1. The summed E-state index contributed by atoms with van der Waals surface area (Å²) in [7, 11) is 3.86. The van der Waals surface area contributed by atoms with Gasteiger partial charge in [0.1, 0.15) is 17.3 Å². The quantitative estimate of drug-likeness (QED) is 0.464. The van der Waals surface area contributed by atoms with Gasteiger partial charge in [-0.2, -0.15) is 5.10 Å². The first-order chi connectivity index (χ1) is 15.5. The molecule has 0 unspecified atom stereocenters. The van der Waals surface area contributed by atoms with Gasteiger partial charge in [-0.05, 0) is 62.2 Å². The van der Waals surface area contributed by atoms with Crippen molar-refractivity contribution < 1.29 is 4.39 Å². The average molecular weight is 431 g/mol. The van der Waals surface area contributed by atoms with Gasteiger partial charge in [0, 0.05) is 31.4 Å². The van der Waals surface area contributed by atoms with Crippen LogP contribution in [0.5, 0.6) is 0 Å². The lowest BCUT2D eigenvalue weighted by Gasteiger charge is -2.15. The van der Waals surface area contributed by atoms with Gasteiger partial charge >= 0.3 is 0 Å². The number of pyridine rings is 1. The molecular weight excluding hydrogens is 403 g/mol. The number of hydrogen-bond donors (Lipinski definition) is 1. The van der Waals surface area contributed by atoms with Crippen LogP contribution in [-0.4, -0.2) is 39.7 Å². The second-order valence-electron chi connectivity index (χ2n) is 8.65. The van der Waals surface area contributed by atoms with Crippen LogP contribution in [0.1, 0.15) is 31.4 Å². The van der Waals surface area contributed by atoms with E-state index in [4.69, 9.17) is 10.1 Å². The van der Waals surface area contributed by atoms with E-state index in [9.17, 15) is 4.39 Å². The summed E-state index contributed by atoms with van der Waals surface area (Å²) in [5, 5.41) is 8.67. The van der Waals surface area contributed by atoms with Gasteiger partial charge in [-0.25, -0.2) is 18.9 Å². The van der Waals surface area contributed by atoms with Gasteiger partial charge in [0.25, 0.3) is 0 Å². The van der Waals surface area contributed by atoms with Crippen molar-refractivity contribution in [3.8, 4) is 22.5 Å². The Morgan fingerprint density at radius 1 is 1.03 bits per heavy atom. The maximum Gasteiger partial charge on any atom is 0.225 e. The molecule has 1 saturated carbocycles. The van der Waals surface area contributed by atoms with Crippen molar-refractivity contribution in [2.24, 2.45) is 0 Å².